The summed E-state index contributed by atoms with van der Waals surface area (Å²) in [5.74, 6) is 0.157. The summed E-state index contributed by atoms with van der Waals surface area (Å²) in [5.41, 5.74) is 1.12. The predicted octanol–water partition coefficient (Wildman–Crippen LogP) is 2.18. The van der Waals surface area contributed by atoms with E-state index in [0.717, 1.165) is 31.6 Å². The molecule has 31 heavy (non-hydrogen) atoms. The van der Waals surface area contributed by atoms with Gasteiger partial charge in [-0.05, 0) is 45.0 Å². The number of aromatic nitrogens is 2. The highest BCUT2D eigenvalue weighted by Gasteiger charge is 2.53. The zero-order chi connectivity index (χ0) is 21.7. The van der Waals surface area contributed by atoms with Crippen LogP contribution in [0.1, 0.15) is 31.0 Å². The first-order valence-electron chi connectivity index (χ1n) is 10.8. The van der Waals surface area contributed by atoms with Crippen molar-refractivity contribution in [1.82, 2.24) is 19.3 Å². The highest BCUT2D eigenvalue weighted by atomic mass is 19.1. The van der Waals surface area contributed by atoms with Gasteiger partial charge in [-0.2, -0.15) is 4.57 Å². The molecule has 8 nitrogen and oxygen atoms in total. The number of aliphatic imine (C=N–C) groups is 1. The van der Waals surface area contributed by atoms with Gasteiger partial charge < -0.3 is 4.90 Å². The van der Waals surface area contributed by atoms with Crippen molar-refractivity contribution in [2.45, 2.75) is 32.2 Å². The van der Waals surface area contributed by atoms with Crippen LogP contribution in [0.5, 0.6) is 0 Å². The van der Waals surface area contributed by atoms with Gasteiger partial charge in [-0.3, -0.25) is 14.6 Å². The number of hydrogen-bond acceptors (Lipinski definition) is 4. The number of piperidine rings is 1. The number of benzene rings is 1. The second-order valence-electron chi connectivity index (χ2n) is 8.37. The number of amidine groups is 1. The maximum atomic E-state index is 14.5. The number of carbonyl (C=O) groups is 2. The molecule has 1 aromatic carbocycles. The van der Waals surface area contributed by atoms with Crippen LogP contribution in [0.4, 0.5) is 15.1 Å². The van der Waals surface area contributed by atoms with E-state index in [1.54, 1.807) is 40.6 Å². The van der Waals surface area contributed by atoms with Gasteiger partial charge in [-0.15, -0.1) is 0 Å². The Morgan fingerprint density at radius 3 is 2.61 bits per heavy atom. The number of likely N-dealkylation sites (N-methyl/N-ethyl adjacent to an activating group) is 1. The fourth-order valence-electron chi connectivity index (χ4n) is 4.75. The summed E-state index contributed by atoms with van der Waals surface area (Å²) in [6, 6.07) is 5.37. The minimum Gasteiger partial charge on any atom is -0.302 e. The lowest BCUT2D eigenvalue weighted by molar-refractivity contribution is -0.676. The lowest BCUT2D eigenvalue weighted by Gasteiger charge is -2.35. The number of halogens is 1. The highest BCUT2D eigenvalue weighted by molar-refractivity contribution is 6.19. The van der Waals surface area contributed by atoms with E-state index in [2.05, 4.69) is 9.89 Å². The minimum atomic E-state index is -0.717. The molecular weight excluding hydrogens is 399 g/mol. The number of aryl methyl sites for hydroxylation is 1. The summed E-state index contributed by atoms with van der Waals surface area (Å²) in [4.78, 5) is 36.0. The Labute approximate surface area is 180 Å². The second-order valence-corrected chi connectivity index (χ2v) is 8.37. The van der Waals surface area contributed by atoms with Gasteiger partial charge >= 0.3 is 12.0 Å². The van der Waals surface area contributed by atoms with E-state index in [1.807, 2.05) is 6.92 Å². The lowest BCUT2D eigenvalue weighted by Crippen LogP contribution is -2.63. The summed E-state index contributed by atoms with van der Waals surface area (Å²) in [6.07, 6.45) is 5.35. The Kier molecular flexibility index (Phi) is 4.85. The molecule has 1 unspecified atom stereocenters. The van der Waals surface area contributed by atoms with E-state index in [-0.39, 0.29) is 17.8 Å². The van der Waals surface area contributed by atoms with Gasteiger partial charge in [0.1, 0.15) is 17.6 Å². The normalized spacial score (nSPS) is 21.4. The first kappa shape index (κ1) is 19.9. The summed E-state index contributed by atoms with van der Waals surface area (Å²) in [5, 5.41) is 0. The Morgan fingerprint density at radius 1 is 1.13 bits per heavy atom. The van der Waals surface area contributed by atoms with Crippen LogP contribution in [-0.4, -0.2) is 70.3 Å². The molecule has 0 N–H and O–H groups in total. The Balaban J connectivity index is 1.48. The molecule has 0 spiro atoms. The standard InChI is InChI=1S/C22H26FN6O2/c1-15-14-28-18-19(24-21(28)29(15)17-9-5-4-8-16(17)23)25(2)22(31)27(20(18)30)13-12-26-10-6-3-7-11-26/h4-5,8-9,14,18H,3,6-7,10-13H2,1-2H3/q+1. The lowest BCUT2D eigenvalue weighted by atomic mass is 10.1. The van der Waals surface area contributed by atoms with E-state index in [1.165, 1.54) is 22.3 Å². The smallest absolute Gasteiger partial charge is 0.302 e. The molecule has 9 heteroatoms. The number of urea groups is 1. The molecule has 2 fully saturated rings. The van der Waals surface area contributed by atoms with E-state index in [4.69, 9.17) is 0 Å². The summed E-state index contributed by atoms with van der Waals surface area (Å²) >= 11 is 0. The van der Waals surface area contributed by atoms with Gasteiger partial charge in [-0.25, -0.2) is 13.8 Å². The Morgan fingerprint density at radius 2 is 1.87 bits per heavy atom. The van der Waals surface area contributed by atoms with Crippen LogP contribution >= 0.6 is 0 Å². The van der Waals surface area contributed by atoms with Crippen molar-refractivity contribution >= 4 is 23.7 Å². The summed E-state index contributed by atoms with van der Waals surface area (Å²) in [7, 11) is 1.64. The maximum absolute atomic E-state index is 14.5. The number of para-hydroxylation sites is 1. The van der Waals surface area contributed by atoms with E-state index < -0.39 is 6.04 Å². The molecule has 0 aliphatic carbocycles. The largest absolute Gasteiger partial charge is 0.407 e. The third-order valence-corrected chi connectivity index (χ3v) is 6.39. The Bertz CT molecular complexity index is 1090. The molecule has 0 radical (unpaired) electrons. The molecule has 2 saturated heterocycles. The molecule has 5 rings (SSSR count). The van der Waals surface area contributed by atoms with Crippen LogP contribution in [0, 0.1) is 12.7 Å². The Hall–Kier alpha value is -3.07. The van der Waals surface area contributed by atoms with Gasteiger partial charge in [0.05, 0.1) is 0 Å². The SMILES string of the molecule is Cc1c[n+]2c(n1-c1ccccc1F)N=C1C2C(=O)N(CCN2CCCCC2)C(=O)N1C. The van der Waals surface area contributed by atoms with Crippen LogP contribution < -0.4 is 4.57 Å². The van der Waals surface area contributed by atoms with Crippen molar-refractivity contribution in [3.05, 3.63) is 42.0 Å². The molecule has 4 heterocycles. The number of carbonyl (C=O) groups excluding carboxylic acids is 2. The van der Waals surface area contributed by atoms with Crippen LogP contribution in [-0.2, 0) is 4.79 Å². The summed E-state index contributed by atoms with van der Waals surface area (Å²) in [6.45, 7) is 4.90. The van der Waals surface area contributed by atoms with Crippen LogP contribution in [0.3, 0.4) is 0 Å². The topological polar surface area (TPSA) is 65.0 Å². The first-order valence-corrected chi connectivity index (χ1v) is 10.8. The number of imidazole rings is 1. The molecule has 162 valence electrons. The van der Waals surface area contributed by atoms with Crippen LogP contribution in [0.25, 0.3) is 5.69 Å². The molecule has 3 amide bonds. The summed E-state index contributed by atoms with van der Waals surface area (Å²) < 4.78 is 17.9. The predicted molar refractivity (Wildman–Crippen MR) is 112 cm³/mol. The van der Waals surface area contributed by atoms with Crippen molar-refractivity contribution < 1.29 is 18.5 Å². The molecule has 0 saturated carbocycles. The van der Waals surface area contributed by atoms with Crippen molar-refractivity contribution in [3.8, 4) is 5.69 Å². The number of likely N-dealkylation sites (tertiary alicyclic amines) is 1. The van der Waals surface area contributed by atoms with E-state index in [0.29, 0.717) is 30.6 Å². The molecule has 3 aliphatic rings. The van der Waals surface area contributed by atoms with Gasteiger partial charge in [-0.1, -0.05) is 23.5 Å². The second kappa shape index (κ2) is 7.56. The number of amides is 3. The van der Waals surface area contributed by atoms with Gasteiger partial charge in [0.2, 0.25) is 11.9 Å². The van der Waals surface area contributed by atoms with Gasteiger partial charge in [0, 0.05) is 20.1 Å². The fourth-order valence-corrected chi connectivity index (χ4v) is 4.75. The molecule has 2 aromatic rings. The quantitative estimate of drug-likeness (QED) is 0.706. The van der Waals surface area contributed by atoms with Gasteiger partial charge in [0.15, 0.2) is 5.82 Å². The molecule has 1 atom stereocenters. The highest BCUT2D eigenvalue weighted by Crippen LogP contribution is 2.31. The van der Waals surface area contributed by atoms with E-state index >= 15 is 0 Å². The molecule has 3 aliphatic heterocycles. The fraction of sp³-hybridized carbons (Fsp3) is 0.455. The van der Waals surface area contributed by atoms with Crippen LogP contribution in [0.15, 0.2) is 35.5 Å². The number of imide groups is 1. The third-order valence-electron chi connectivity index (χ3n) is 6.39. The average Bonchev–Trinajstić information content (AvgIpc) is 3.28. The van der Waals surface area contributed by atoms with Crippen molar-refractivity contribution in [2.24, 2.45) is 4.99 Å². The average molecular weight is 425 g/mol. The van der Waals surface area contributed by atoms with E-state index in [9.17, 15) is 14.0 Å². The van der Waals surface area contributed by atoms with Crippen molar-refractivity contribution in [3.63, 3.8) is 0 Å². The number of hydrogen-bond donors (Lipinski definition) is 0. The maximum Gasteiger partial charge on any atom is 0.407 e. The molecule has 0 bridgehead atoms. The number of nitrogens with zero attached hydrogens (tertiary/aromatic N) is 6. The zero-order valence-electron chi connectivity index (χ0n) is 17.8. The van der Waals surface area contributed by atoms with Crippen molar-refractivity contribution in [1.29, 1.82) is 0 Å². The number of rotatable bonds is 4. The molecule has 1 aromatic heterocycles. The first-order chi connectivity index (χ1) is 15.0. The number of fused-ring (bicyclic) bond motifs is 3. The third kappa shape index (κ3) is 3.15. The monoisotopic (exact) mass is 425 g/mol. The molecular formula is C22H26FN6O2+. The van der Waals surface area contributed by atoms with Gasteiger partial charge in [0.25, 0.3) is 5.91 Å². The zero-order valence-corrected chi connectivity index (χ0v) is 17.8. The minimum absolute atomic E-state index is 0.284. The van der Waals surface area contributed by atoms with Crippen molar-refractivity contribution in [2.75, 3.05) is 33.2 Å². The van der Waals surface area contributed by atoms with Crippen LogP contribution in [0.2, 0.25) is 0 Å².